The van der Waals surface area contributed by atoms with Crippen molar-refractivity contribution in [2.45, 2.75) is 32.5 Å². The zero-order valence-corrected chi connectivity index (χ0v) is 14.2. The smallest absolute Gasteiger partial charge is 0.126 e. The van der Waals surface area contributed by atoms with Crippen LogP contribution in [0.25, 0.3) is 0 Å². The summed E-state index contributed by atoms with van der Waals surface area (Å²) >= 11 is 3.88. The average molecular weight is 327 g/mol. The number of alkyl halides is 1. The predicted octanol–water partition coefficient (Wildman–Crippen LogP) is 4.82. The molecule has 1 unspecified atom stereocenters. The topological polar surface area (TPSA) is 18.5 Å². The van der Waals surface area contributed by atoms with Crippen LogP contribution < -0.4 is 9.47 Å². The van der Waals surface area contributed by atoms with Gasteiger partial charge in [0.2, 0.25) is 0 Å². The maximum absolute atomic E-state index is 5.51. The Morgan fingerprint density at radius 1 is 1.05 bits per heavy atom. The van der Waals surface area contributed by atoms with E-state index in [-0.39, 0.29) is 0 Å². The molecule has 0 N–H and O–H groups in total. The van der Waals surface area contributed by atoms with Crippen LogP contribution in [0.2, 0.25) is 0 Å². The lowest BCUT2D eigenvalue weighted by molar-refractivity contribution is 0.389. The van der Waals surface area contributed by atoms with Crippen molar-refractivity contribution in [3.8, 4) is 11.5 Å². The summed E-state index contributed by atoms with van der Waals surface area (Å²) in [4.78, 5) is 0.304. The van der Waals surface area contributed by atoms with Gasteiger partial charge in [-0.05, 0) is 22.8 Å². The summed E-state index contributed by atoms with van der Waals surface area (Å²) in [6, 6.07) is 6.04. The zero-order chi connectivity index (χ0) is 14.4. The summed E-state index contributed by atoms with van der Waals surface area (Å²) in [5.74, 6) is 2.32. The molecule has 0 amide bonds. The lowest BCUT2D eigenvalue weighted by Gasteiger charge is -2.17. The number of ether oxygens (including phenoxy) is 2. The van der Waals surface area contributed by atoms with Gasteiger partial charge in [0, 0.05) is 16.5 Å². The van der Waals surface area contributed by atoms with E-state index in [0.717, 1.165) is 11.5 Å². The van der Waals surface area contributed by atoms with Crippen LogP contribution in [0, 0.1) is 16.7 Å². The zero-order valence-electron chi connectivity index (χ0n) is 12.6. The first-order chi connectivity index (χ1) is 8.77. The SMILES string of the molecule is COc1ccc(C(Br)C2C(C)(C)C2(C)C)c(OC)c1. The van der Waals surface area contributed by atoms with Gasteiger partial charge in [-0.15, -0.1) is 0 Å². The van der Waals surface area contributed by atoms with Crippen molar-refractivity contribution in [3.05, 3.63) is 23.8 Å². The molecule has 0 saturated heterocycles. The van der Waals surface area contributed by atoms with Crippen molar-refractivity contribution in [3.63, 3.8) is 0 Å². The van der Waals surface area contributed by atoms with Crippen molar-refractivity contribution in [1.82, 2.24) is 0 Å². The molecule has 1 aliphatic rings. The lowest BCUT2D eigenvalue weighted by atomic mass is 10.0. The van der Waals surface area contributed by atoms with Crippen molar-refractivity contribution < 1.29 is 9.47 Å². The molecule has 1 aliphatic carbocycles. The van der Waals surface area contributed by atoms with Crippen LogP contribution in [0.15, 0.2) is 18.2 Å². The first-order valence-corrected chi connectivity index (χ1v) is 7.55. The molecule has 3 heteroatoms. The molecule has 0 spiro atoms. The van der Waals surface area contributed by atoms with E-state index in [4.69, 9.17) is 9.47 Å². The molecule has 0 radical (unpaired) electrons. The third-order valence-corrected chi connectivity index (χ3v) is 6.18. The molecule has 0 bridgehead atoms. The maximum Gasteiger partial charge on any atom is 0.126 e. The Balaban J connectivity index is 2.33. The van der Waals surface area contributed by atoms with E-state index in [9.17, 15) is 0 Å². The van der Waals surface area contributed by atoms with Gasteiger partial charge in [0.25, 0.3) is 0 Å². The van der Waals surface area contributed by atoms with E-state index in [0.29, 0.717) is 21.6 Å². The Labute approximate surface area is 124 Å². The third-order valence-electron chi connectivity index (χ3n) is 5.16. The quantitative estimate of drug-likeness (QED) is 0.738. The van der Waals surface area contributed by atoms with Crippen LogP contribution in [0.4, 0.5) is 0 Å². The minimum absolute atomic E-state index is 0.304. The molecule has 0 aliphatic heterocycles. The fourth-order valence-electron chi connectivity index (χ4n) is 3.20. The monoisotopic (exact) mass is 326 g/mol. The number of hydrogen-bond acceptors (Lipinski definition) is 2. The molecule has 106 valence electrons. The minimum atomic E-state index is 0.304. The normalized spacial score (nSPS) is 21.8. The predicted molar refractivity (Wildman–Crippen MR) is 82.3 cm³/mol. The van der Waals surface area contributed by atoms with Crippen LogP contribution in [-0.4, -0.2) is 14.2 Å². The minimum Gasteiger partial charge on any atom is -0.497 e. The summed E-state index contributed by atoms with van der Waals surface area (Å²) < 4.78 is 10.8. The molecule has 0 aromatic heterocycles. The highest BCUT2D eigenvalue weighted by Gasteiger charge is 2.67. The van der Waals surface area contributed by atoms with Gasteiger partial charge in [-0.25, -0.2) is 0 Å². The van der Waals surface area contributed by atoms with Crippen LogP contribution in [0.3, 0.4) is 0 Å². The van der Waals surface area contributed by atoms with E-state index in [1.165, 1.54) is 5.56 Å². The number of hydrogen-bond donors (Lipinski definition) is 0. The fourth-order valence-corrected chi connectivity index (χ4v) is 4.90. The Morgan fingerprint density at radius 2 is 1.63 bits per heavy atom. The molecule has 0 heterocycles. The molecule has 1 atom stereocenters. The van der Waals surface area contributed by atoms with E-state index in [1.807, 2.05) is 12.1 Å². The number of rotatable bonds is 4. The highest BCUT2D eigenvalue weighted by atomic mass is 79.9. The summed E-state index contributed by atoms with van der Waals surface area (Å²) in [5.41, 5.74) is 1.88. The largest absolute Gasteiger partial charge is 0.497 e. The highest BCUT2D eigenvalue weighted by molar-refractivity contribution is 9.09. The molecule has 1 aromatic carbocycles. The van der Waals surface area contributed by atoms with Gasteiger partial charge < -0.3 is 9.47 Å². The molecule has 1 aromatic rings. The molecular weight excluding hydrogens is 304 g/mol. The van der Waals surface area contributed by atoms with E-state index >= 15 is 0 Å². The molecule has 1 fully saturated rings. The summed E-state index contributed by atoms with van der Waals surface area (Å²) in [7, 11) is 3.38. The van der Waals surface area contributed by atoms with Gasteiger partial charge in [0.05, 0.1) is 14.2 Å². The van der Waals surface area contributed by atoms with Gasteiger partial charge in [-0.1, -0.05) is 49.7 Å². The number of halogens is 1. The number of methoxy groups -OCH3 is 2. The molecule has 19 heavy (non-hydrogen) atoms. The number of benzene rings is 1. The lowest BCUT2D eigenvalue weighted by Crippen LogP contribution is -2.02. The Kier molecular flexibility index (Phi) is 3.63. The van der Waals surface area contributed by atoms with Crippen molar-refractivity contribution in [2.75, 3.05) is 14.2 Å². The average Bonchev–Trinajstić information content (AvgIpc) is 2.78. The van der Waals surface area contributed by atoms with Gasteiger partial charge in [-0.2, -0.15) is 0 Å². The second kappa shape index (κ2) is 4.69. The van der Waals surface area contributed by atoms with E-state index in [2.05, 4.69) is 49.7 Å². The Morgan fingerprint density at radius 3 is 2.05 bits per heavy atom. The highest BCUT2D eigenvalue weighted by Crippen LogP contribution is 2.74. The molecular formula is C16H23BrO2. The summed E-state index contributed by atoms with van der Waals surface area (Å²) in [5, 5.41) is 0. The van der Waals surface area contributed by atoms with Gasteiger partial charge in [0.1, 0.15) is 11.5 Å². The van der Waals surface area contributed by atoms with E-state index < -0.39 is 0 Å². The van der Waals surface area contributed by atoms with Gasteiger partial charge in [0.15, 0.2) is 0 Å². The Bertz CT molecular complexity index is 466. The maximum atomic E-state index is 5.51. The second-order valence-electron chi connectivity index (χ2n) is 6.43. The molecule has 2 nitrogen and oxygen atoms in total. The first-order valence-electron chi connectivity index (χ1n) is 6.63. The van der Waals surface area contributed by atoms with Crippen LogP contribution in [0.1, 0.15) is 38.1 Å². The van der Waals surface area contributed by atoms with Crippen molar-refractivity contribution >= 4 is 15.9 Å². The van der Waals surface area contributed by atoms with Gasteiger partial charge in [-0.3, -0.25) is 0 Å². The van der Waals surface area contributed by atoms with Crippen molar-refractivity contribution in [2.24, 2.45) is 16.7 Å². The molecule has 1 saturated carbocycles. The fraction of sp³-hybridized carbons (Fsp3) is 0.625. The summed E-state index contributed by atoms with van der Waals surface area (Å²) in [6.07, 6.45) is 0. The van der Waals surface area contributed by atoms with Crippen molar-refractivity contribution in [1.29, 1.82) is 0 Å². The van der Waals surface area contributed by atoms with Crippen LogP contribution in [0.5, 0.6) is 11.5 Å². The van der Waals surface area contributed by atoms with Gasteiger partial charge >= 0.3 is 0 Å². The summed E-state index contributed by atoms with van der Waals surface area (Å²) in [6.45, 7) is 9.34. The third kappa shape index (κ3) is 2.16. The van der Waals surface area contributed by atoms with Crippen LogP contribution >= 0.6 is 15.9 Å². The Hall–Kier alpha value is -0.700. The van der Waals surface area contributed by atoms with E-state index in [1.54, 1.807) is 14.2 Å². The standard InChI is InChI=1S/C16H23BrO2/c1-15(2)14(16(15,3)4)13(17)11-8-7-10(18-5)9-12(11)19-6/h7-9,13-14H,1-6H3. The second-order valence-corrected chi connectivity index (χ2v) is 7.42. The first kappa shape index (κ1) is 14.7. The molecule has 2 rings (SSSR count). The van der Waals surface area contributed by atoms with Crippen LogP contribution in [-0.2, 0) is 0 Å².